The van der Waals surface area contributed by atoms with Crippen molar-refractivity contribution < 1.29 is 9.18 Å². The van der Waals surface area contributed by atoms with Gasteiger partial charge in [0.15, 0.2) is 0 Å². The normalized spacial score (nSPS) is 10.1. The molecule has 0 bridgehead atoms. The van der Waals surface area contributed by atoms with Gasteiger partial charge in [-0.3, -0.25) is 15.6 Å². The van der Waals surface area contributed by atoms with Crippen LogP contribution in [0.2, 0.25) is 5.02 Å². The van der Waals surface area contributed by atoms with E-state index >= 15 is 0 Å². The van der Waals surface area contributed by atoms with Crippen molar-refractivity contribution in [2.45, 2.75) is 0 Å². The number of para-hydroxylation sites is 1. The van der Waals surface area contributed by atoms with E-state index in [1.807, 2.05) is 0 Å². The number of hydrogen-bond acceptors (Lipinski definition) is 4. The van der Waals surface area contributed by atoms with Gasteiger partial charge in [0.2, 0.25) is 0 Å². The first-order chi connectivity index (χ1) is 9.13. The molecule has 0 aliphatic rings. The van der Waals surface area contributed by atoms with Crippen molar-refractivity contribution in [3.8, 4) is 0 Å². The molecule has 5 nitrogen and oxygen atoms in total. The van der Waals surface area contributed by atoms with Crippen LogP contribution in [0.3, 0.4) is 0 Å². The molecule has 0 aliphatic heterocycles. The molecule has 7 heteroatoms. The van der Waals surface area contributed by atoms with Crippen molar-refractivity contribution in [2.75, 3.05) is 10.7 Å². The van der Waals surface area contributed by atoms with E-state index in [4.69, 9.17) is 17.4 Å². The van der Waals surface area contributed by atoms with Crippen molar-refractivity contribution in [1.82, 2.24) is 4.98 Å². The molecule has 19 heavy (non-hydrogen) atoms. The van der Waals surface area contributed by atoms with E-state index in [-0.39, 0.29) is 16.3 Å². The molecule has 1 amide bonds. The number of hydrogen-bond donors (Lipinski definition) is 3. The lowest BCUT2D eigenvalue weighted by Gasteiger charge is -2.10. The van der Waals surface area contributed by atoms with Crippen LogP contribution >= 0.6 is 11.6 Å². The fourth-order valence-electron chi connectivity index (χ4n) is 1.50. The number of nitrogen functional groups attached to an aromatic ring is 1. The van der Waals surface area contributed by atoms with Crippen molar-refractivity contribution >= 4 is 28.9 Å². The number of nitrogens with one attached hydrogen (secondary N) is 2. The number of benzene rings is 1. The topological polar surface area (TPSA) is 80.0 Å². The van der Waals surface area contributed by atoms with Crippen LogP contribution in [-0.4, -0.2) is 10.9 Å². The summed E-state index contributed by atoms with van der Waals surface area (Å²) in [5, 5.41) is 2.50. The van der Waals surface area contributed by atoms with Crippen LogP contribution in [0, 0.1) is 5.82 Å². The smallest absolute Gasteiger partial charge is 0.259 e. The van der Waals surface area contributed by atoms with Gasteiger partial charge in [-0.2, -0.15) is 0 Å². The zero-order valence-corrected chi connectivity index (χ0v) is 10.4. The molecule has 2 rings (SSSR count). The van der Waals surface area contributed by atoms with E-state index in [2.05, 4.69) is 15.7 Å². The van der Waals surface area contributed by atoms with Gasteiger partial charge in [-0.25, -0.2) is 4.39 Å². The van der Waals surface area contributed by atoms with Gasteiger partial charge in [-0.15, -0.1) is 0 Å². The number of nitrogens with zero attached hydrogens (tertiary/aromatic N) is 1. The summed E-state index contributed by atoms with van der Waals surface area (Å²) in [6.45, 7) is 0. The number of aromatic nitrogens is 1. The van der Waals surface area contributed by atoms with Crippen LogP contribution in [0.4, 0.5) is 15.8 Å². The summed E-state index contributed by atoms with van der Waals surface area (Å²) in [5.41, 5.74) is 2.84. The van der Waals surface area contributed by atoms with Gasteiger partial charge in [-0.1, -0.05) is 17.7 Å². The third kappa shape index (κ3) is 2.81. The molecule has 0 radical (unpaired) electrons. The molecular weight excluding hydrogens is 271 g/mol. The first kappa shape index (κ1) is 13.3. The Kier molecular flexibility index (Phi) is 3.94. The molecule has 1 aromatic carbocycles. The van der Waals surface area contributed by atoms with E-state index < -0.39 is 11.7 Å². The van der Waals surface area contributed by atoms with Crippen LogP contribution in [-0.2, 0) is 0 Å². The highest BCUT2D eigenvalue weighted by molar-refractivity contribution is 6.34. The summed E-state index contributed by atoms with van der Waals surface area (Å²) in [7, 11) is 0. The lowest BCUT2D eigenvalue weighted by atomic mass is 10.2. The third-order valence-corrected chi connectivity index (χ3v) is 2.74. The maximum atomic E-state index is 13.6. The molecule has 0 aliphatic carbocycles. The highest BCUT2D eigenvalue weighted by atomic mass is 35.5. The minimum Gasteiger partial charge on any atom is -0.323 e. The van der Waals surface area contributed by atoms with Crippen LogP contribution in [0.25, 0.3) is 0 Å². The molecule has 0 saturated carbocycles. The number of carbonyl (C=O) groups is 1. The standard InChI is InChI=1S/C12H10ClFN4O/c13-8-2-1-3-9(14)11(8)17-12(19)7-6-16-5-4-10(7)18-15/h1-6H,15H2,(H,16,18)(H,17,19). The van der Waals surface area contributed by atoms with E-state index in [1.165, 1.54) is 36.7 Å². The number of rotatable bonds is 3. The Morgan fingerprint density at radius 1 is 1.37 bits per heavy atom. The molecule has 0 saturated heterocycles. The van der Waals surface area contributed by atoms with Gasteiger partial charge in [0, 0.05) is 12.4 Å². The molecule has 98 valence electrons. The maximum Gasteiger partial charge on any atom is 0.259 e. The fourth-order valence-corrected chi connectivity index (χ4v) is 1.71. The second-order valence-electron chi connectivity index (χ2n) is 3.62. The molecule has 0 atom stereocenters. The first-order valence-electron chi connectivity index (χ1n) is 5.29. The first-order valence-corrected chi connectivity index (χ1v) is 5.67. The van der Waals surface area contributed by atoms with Gasteiger partial charge in [0.25, 0.3) is 5.91 Å². The Labute approximate surface area is 113 Å². The fraction of sp³-hybridized carbons (Fsp3) is 0. The largest absolute Gasteiger partial charge is 0.323 e. The van der Waals surface area contributed by atoms with Gasteiger partial charge in [-0.05, 0) is 18.2 Å². The molecule has 4 N–H and O–H groups in total. The molecule has 0 fully saturated rings. The van der Waals surface area contributed by atoms with Crippen LogP contribution < -0.4 is 16.6 Å². The molecule has 2 aromatic rings. The average molecular weight is 281 g/mol. The molecule has 1 aromatic heterocycles. The number of anilines is 2. The number of pyridine rings is 1. The quantitative estimate of drug-likeness (QED) is 0.596. The highest BCUT2D eigenvalue weighted by Crippen LogP contribution is 2.25. The minimum atomic E-state index is -0.619. The Balaban J connectivity index is 2.31. The van der Waals surface area contributed by atoms with Crippen LogP contribution in [0.15, 0.2) is 36.7 Å². The molecule has 0 unspecified atom stereocenters. The summed E-state index contributed by atoms with van der Waals surface area (Å²) < 4.78 is 13.6. The van der Waals surface area contributed by atoms with E-state index in [0.29, 0.717) is 5.69 Å². The van der Waals surface area contributed by atoms with Crippen LogP contribution in [0.5, 0.6) is 0 Å². The summed E-state index contributed by atoms with van der Waals surface area (Å²) in [5.74, 6) is 4.10. The zero-order chi connectivity index (χ0) is 13.8. The van der Waals surface area contributed by atoms with Gasteiger partial charge in [0.1, 0.15) is 5.82 Å². The monoisotopic (exact) mass is 280 g/mol. The van der Waals surface area contributed by atoms with Crippen molar-refractivity contribution in [1.29, 1.82) is 0 Å². The second-order valence-corrected chi connectivity index (χ2v) is 4.02. The highest BCUT2D eigenvalue weighted by Gasteiger charge is 2.15. The number of hydrazine groups is 1. The third-order valence-electron chi connectivity index (χ3n) is 2.42. The lowest BCUT2D eigenvalue weighted by Crippen LogP contribution is -2.18. The lowest BCUT2D eigenvalue weighted by molar-refractivity contribution is 0.102. The average Bonchev–Trinajstić information content (AvgIpc) is 2.42. The van der Waals surface area contributed by atoms with Crippen molar-refractivity contribution in [2.24, 2.45) is 5.84 Å². The number of amides is 1. The minimum absolute atomic E-state index is 0.0824. The summed E-state index contributed by atoms with van der Waals surface area (Å²) in [4.78, 5) is 15.8. The molecule has 0 spiro atoms. The van der Waals surface area contributed by atoms with Gasteiger partial charge >= 0.3 is 0 Å². The van der Waals surface area contributed by atoms with E-state index in [1.54, 1.807) is 0 Å². The van der Waals surface area contributed by atoms with Crippen molar-refractivity contribution in [3.05, 3.63) is 53.1 Å². The van der Waals surface area contributed by atoms with Gasteiger partial charge in [0.05, 0.1) is 22.0 Å². The van der Waals surface area contributed by atoms with E-state index in [9.17, 15) is 9.18 Å². The molecular formula is C12H10ClFN4O. The van der Waals surface area contributed by atoms with Gasteiger partial charge < -0.3 is 10.7 Å². The number of carbonyl (C=O) groups excluding carboxylic acids is 1. The van der Waals surface area contributed by atoms with E-state index in [0.717, 1.165) is 0 Å². The number of halogens is 2. The summed E-state index contributed by atoms with van der Waals surface area (Å²) >= 11 is 5.82. The summed E-state index contributed by atoms with van der Waals surface area (Å²) in [6, 6.07) is 5.65. The number of nitrogens with two attached hydrogens (primary N) is 1. The summed E-state index contributed by atoms with van der Waals surface area (Å²) in [6.07, 6.45) is 2.79. The Morgan fingerprint density at radius 2 is 2.16 bits per heavy atom. The predicted octanol–water partition coefficient (Wildman–Crippen LogP) is 2.41. The van der Waals surface area contributed by atoms with Crippen LogP contribution in [0.1, 0.15) is 10.4 Å². The Bertz CT molecular complexity index is 600. The zero-order valence-electron chi connectivity index (χ0n) is 9.65. The Hall–Kier alpha value is -2.18. The SMILES string of the molecule is NNc1ccncc1C(=O)Nc1c(F)cccc1Cl. The van der Waals surface area contributed by atoms with Crippen molar-refractivity contribution in [3.63, 3.8) is 0 Å². The maximum absolute atomic E-state index is 13.6. The second kappa shape index (κ2) is 5.64. The molecule has 1 heterocycles. The predicted molar refractivity (Wildman–Crippen MR) is 71.4 cm³/mol. The Morgan fingerprint density at radius 3 is 2.84 bits per heavy atom.